The van der Waals surface area contributed by atoms with Crippen LogP contribution in [0.15, 0.2) is 82.8 Å². The molecule has 4 heteroatoms. The van der Waals surface area contributed by atoms with Gasteiger partial charge in [-0.1, -0.05) is 64.1 Å². The lowest BCUT2D eigenvalue weighted by Crippen LogP contribution is -1.94. The molecule has 0 aliphatic carbocycles. The molecule has 0 bridgehead atoms. The molecule has 0 aliphatic heterocycles. The number of hydrogen-bond acceptors (Lipinski definition) is 4. The van der Waals surface area contributed by atoms with Gasteiger partial charge in [0, 0.05) is 23.6 Å². The summed E-state index contributed by atoms with van der Waals surface area (Å²) in [4.78, 5) is 9.49. The summed E-state index contributed by atoms with van der Waals surface area (Å²) in [6, 6.07) is 23.5. The zero-order valence-corrected chi connectivity index (χ0v) is 21.4. The lowest BCUT2D eigenvalue weighted by atomic mass is 9.96. The average Bonchev–Trinajstić information content (AvgIpc) is 2.90. The summed E-state index contributed by atoms with van der Waals surface area (Å²) >= 11 is 0. The van der Waals surface area contributed by atoms with Gasteiger partial charge in [-0.05, 0) is 83.0 Å². The van der Waals surface area contributed by atoms with Crippen molar-refractivity contribution in [3.05, 3.63) is 95.1 Å². The number of fused-ring (bicyclic) bond motifs is 1. The molecule has 0 saturated heterocycles. The largest absolute Gasteiger partial charge is 0.507 e. The fourth-order valence-corrected chi connectivity index (χ4v) is 4.14. The molecule has 2 atom stereocenters. The van der Waals surface area contributed by atoms with E-state index in [0.717, 1.165) is 23.6 Å². The van der Waals surface area contributed by atoms with Crippen LogP contribution in [0.4, 0.5) is 11.4 Å². The second-order valence-electron chi connectivity index (χ2n) is 9.46. The first-order valence-corrected chi connectivity index (χ1v) is 12.7. The van der Waals surface area contributed by atoms with Gasteiger partial charge in [0.25, 0.3) is 0 Å². The van der Waals surface area contributed by atoms with E-state index in [9.17, 15) is 10.2 Å². The van der Waals surface area contributed by atoms with Crippen LogP contribution in [0.25, 0.3) is 10.8 Å². The fourth-order valence-electron chi connectivity index (χ4n) is 4.14. The molecule has 4 aromatic rings. The smallest absolute Gasteiger partial charge is 0.124 e. The topological polar surface area (TPSA) is 65.2 Å². The molecular weight excluding hydrogens is 444 g/mol. The molecule has 0 saturated carbocycles. The Bertz CT molecular complexity index is 1310. The van der Waals surface area contributed by atoms with Crippen molar-refractivity contribution < 1.29 is 10.2 Å². The Hall–Kier alpha value is -3.92. The first kappa shape index (κ1) is 25.2. The van der Waals surface area contributed by atoms with E-state index in [2.05, 4.69) is 27.7 Å². The molecule has 4 nitrogen and oxygen atoms in total. The van der Waals surface area contributed by atoms with Gasteiger partial charge in [0.1, 0.15) is 11.5 Å². The molecule has 36 heavy (non-hydrogen) atoms. The third-order valence-electron chi connectivity index (χ3n) is 6.99. The lowest BCUT2D eigenvalue weighted by Gasteiger charge is -2.11. The molecule has 0 aliphatic rings. The van der Waals surface area contributed by atoms with Gasteiger partial charge in [0.15, 0.2) is 0 Å². The molecular formula is C32H34N2O2. The van der Waals surface area contributed by atoms with Gasteiger partial charge in [-0.3, -0.25) is 9.98 Å². The van der Waals surface area contributed by atoms with Crippen LogP contribution in [0.2, 0.25) is 0 Å². The third-order valence-corrected chi connectivity index (χ3v) is 6.99. The molecule has 0 spiro atoms. The molecule has 4 aromatic carbocycles. The number of phenolic OH excluding ortho intramolecular Hbond substituents is 2. The number of phenols is 2. The molecule has 0 amide bonds. The highest BCUT2D eigenvalue weighted by atomic mass is 16.3. The van der Waals surface area contributed by atoms with Crippen molar-refractivity contribution in [1.82, 2.24) is 0 Å². The van der Waals surface area contributed by atoms with Gasteiger partial charge in [-0.15, -0.1) is 0 Å². The Morgan fingerprint density at radius 1 is 0.639 bits per heavy atom. The van der Waals surface area contributed by atoms with Crippen LogP contribution in [0.5, 0.6) is 11.5 Å². The Balaban J connectivity index is 1.75. The van der Waals surface area contributed by atoms with Gasteiger partial charge < -0.3 is 10.2 Å². The predicted molar refractivity (Wildman–Crippen MR) is 152 cm³/mol. The summed E-state index contributed by atoms with van der Waals surface area (Å²) in [5, 5.41) is 23.0. The third kappa shape index (κ3) is 5.65. The van der Waals surface area contributed by atoms with Crippen molar-refractivity contribution in [2.45, 2.75) is 52.4 Å². The Morgan fingerprint density at radius 2 is 1.06 bits per heavy atom. The number of benzene rings is 4. The van der Waals surface area contributed by atoms with Gasteiger partial charge >= 0.3 is 0 Å². The SMILES string of the molecule is CCC(C)c1ccc(O)c(C=Nc2cc3ccccc3cc2N=Cc2cc(C(C)CC)ccc2O)c1. The zero-order valence-electron chi connectivity index (χ0n) is 21.4. The monoisotopic (exact) mass is 478 g/mol. The van der Waals surface area contributed by atoms with E-state index in [-0.39, 0.29) is 11.5 Å². The van der Waals surface area contributed by atoms with Crippen LogP contribution in [0.3, 0.4) is 0 Å². The lowest BCUT2D eigenvalue weighted by molar-refractivity contribution is 0.473. The molecule has 0 fully saturated rings. The molecule has 184 valence electrons. The summed E-state index contributed by atoms with van der Waals surface area (Å²) in [6.45, 7) is 8.66. The second kappa shape index (κ2) is 11.2. The average molecular weight is 479 g/mol. The first-order chi connectivity index (χ1) is 17.4. The van der Waals surface area contributed by atoms with Crippen molar-refractivity contribution in [3.8, 4) is 11.5 Å². The second-order valence-corrected chi connectivity index (χ2v) is 9.46. The summed E-state index contributed by atoms with van der Waals surface area (Å²) < 4.78 is 0. The van der Waals surface area contributed by atoms with Gasteiger partial charge in [-0.25, -0.2) is 0 Å². The maximum atomic E-state index is 10.4. The minimum Gasteiger partial charge on any atom is -0.507 e. The van der Waals surface area contributed by atoms with Crippen molar-refractivity contribution in [2.24, 2.45) is 9.98 Å². The summed E-state index contributed by atoms with van der Waals surface area (Å²) in [5.74, 6) is 1.20. The number of aromatic hydroxyl groups is 2. The van der Waals surface area contributed by atoms with Crippen LogP contribution in [0, 0.1) is 0 Å². The summed E-state index contributed by atoms with van der Waals surface area (Å²) in [5.41, 5.74) is 5.08. The summed E-state index contributed by atoms with van der Waals surface area (Å²) in [7, 11) is 0. The first-order valence-electron chi connectivity index (χ1n) is 12.7. The molecule has 2 N–H and O–H groups in total. The molecule has 0 heterocycles. The van der Waals surface area contributed by atoms with Crippen LogP contribution < -0.4 is 0 Å². The van der Waals surface area contributed by atoms with E-state index in [1.165, 1.54) is 11.1 Å². The van der Waals surface area contributed by atoms with Gasteiger partial charge in [-0.2, -0.15) is 0 Å². The number of rotatable bonds is 8. The van der Waals surface area contributed by atoms with Crippen molar-refractivity contribution in [3.63, 3.8) is 0 Å². The number of aliphatic imine (C=N–C) groups is 2. The zero-order chi connectivity index (χ0) is 25.7. The maximum absolute atomic E-state index is 10.4. The van der Waals surface area contributed by atoms with Crippen molar-refractivity contribution in [2.75, 3.05) is 0 Å². The van der Waals surface area contributed by atoms with Crippen LogP contribution in [-0.4, -0.2) is 22.6 Å². The minimum atomic E-state index is 0.198. The van der Waals surface area contributed by atoms with Crippen LogP contribution in [0.1, 0.15) is 74.6 Å². The van der Waals surface area contributed by atoms with Crippen molar-refractivity contribution >= 4 is 34.6 Å². The minimum absolute atomic E-state index is 0.198. The Morgan fingerprint density at radius 3 is 1.44 bits per heavy atom. The highest BCUT2D eigenvalue weighted by molar-refractivity contribution is 5.95. The summed E-state index contributed by atoms with van der Waals surface area (Å²) in [6.07, 6.45) is 5.45. The normalized spacial score (nSPS) is 13.6. The van der Waals surface area contributed by atoms with Crippen LogP contribution in [-0.2, 0) is 0 Å². The highest BCUT2D eigenvalue weighted by Crippen LogP contribution is 2.34. The Kier molecular flexibility index (Phi) is 7.84. The fraction of sp³-hybridized carbons (Fsp3) is 0.250. The van der Waals surface area contributed by atoms with Gasteiger partial charge in [0.2, 0.25) is 0 Å². The van der Waals surface area contributed by atoms with E-state index >= 15 is 0 Å². The molecule has 0 aromatic heterocycles. The maximum Gasteiger partial charge on any atom is 0.124 e. The van der Waals surface area contributed by atoms with Gasteiger partial charge in [0.05, 0.1) is 11.4 Å². The van der Waals surface area contributed by atoms with Crippen LogP contribution >= 0.6 is 0 Å². The number of nitrogens with zero attached hydrogens (tertiary/aromatic N) is 2. The standard InChI is InChI=1S/C32H34N2O2/c1-5-21(3)23-11-13-31(35)27(15-23)19-33-29-17-25-9-7-8-10-26(25)18-30(29)34-20-28-16-24(22(4)6-2)12-14-32(28)36/h7-22,35-36H,5-6H2,1-4H3. The molecule has 0 radical (unpaired) electrons. The molecule has 4 rings (SSSR count). The van der Waals surface area contributed by atoms with E-state index in [1.54, 1.807) is 24.6 Å². The quantitative estimate of drug-likeness (QED) is 0.249. The molecule has 2 unspecified atom stereocenters. The van der Waals surface area contributed by atoms with E-state index in [4.69, 9.17) is 9.98 Å². The highest BCUT2D eigenvalue weighted by Gasteiger charge is 2.09. The van der Waals surface area contributed by atoms with Crippen molar-refractivity contribution in [1.29, 1.82) is 0 Å². The van der Waals surface area contributed by atoms with E-state index in [0.29, 0.717) is 34.3 Å². The van der Waals surface area contributed by atoms with E-state index in [1.807, 2.05) is 60.7 Å². The predicted octanol–water partition coefficient (Wildman–Crippen LogP) is 8.78. The Labute approximate surface area is 213 Å². The number of hydrogen-bond donors (Lipinski definition) is 2. The van der Waals surface area contributed by atoms with E-state index < -0.39 is 0 Å².